The Morgan fingerprint density at radius 3 is 1.81 bits per heavy atom. The van der Waals surface area contributed by atoms with E-state index < -0.39 is 24.3 Å². The van der Waals surface area contributed by atoms with Crippen molar-refractivity contribution in [1.29, 1.82) is 0 Å². The number of nitrogens with two attached hydrogens (primary N) is 1. The zero-order valence-electron chi connectivity index (χ0n) is 19.3. The van der Waals surface area contributed by atoms with Gasteiger partial charge < -0.3 is 26.2 Å². The molecule has 5 N–H and O–H groups in total. The summed E-state index contributed by atoms with van der Waals surface area (Å²) in [7, 11) is 0. The second kappa shape index (κ2) is 14.6. The largest absolute Gasteiger partial charge is 0.490 e. The van der Waals surface area contributed by atoms with Crippen molar-refractivity contribution in [2.24, 2.45) is 5.73 Å². The number of rotatable bonds is 5. The van der Waals surface area contributed by atoms with Gasteiger partial charge in [-0.05, 0) is 48.2 Å². The normalized spacial score (nSPS) is 14.1. The number of anilines is 1. The van der Waals surface area contributed by atoms with Gasteiger partial charge in [0.2, 0.25) is 0 Å². The minimum absolute atomic E-state index is 0.603. The van der Waals surface area contributed by atoms with Crippen molar-refractivity contribution in [1.82, 2.24) is 5.32 Å². The molecule has 37 heavy (non-hydrogen) atoms. The van der Waals surface area contributed by atoms with Gasteiger partial charge in [-0.3, -0.25) is 0 Å². The number of halogens is 7. The van der Waals surface area contributed by atoms with Crippen LogP contribution in [0.4, 0.5) is 32.0 Å². The van der Waals surface area contributed by atoms with Gasteiger partial charge >= 0.3 is 24.3 Å². The molecule has 0 aliphatic carbocycles. The summed E-state index contributed by atoms with van der Waals surface area (Å²) in [5, 5.41) is 18.5. The van der Waals surface area contributed by atoms with Crippen molar-refractivity contribution < 1.29 is 46.1 Å². The fourth-order valence-electron chi connectivity index (χ4n) is 3.18. The number of piperidine rings is 1. The maximum absolute atomic E-state index is 10.6. The lowest BCUT2D eigenvalue weighted by molar-refractivity contribution is -0.193. The first-order valence-electron chi connectivity index (χ1n) is 10.8. The molecule has 0 saturated carbocycles. The van der Waals surface area contributed by atoms with Gasteiger partial charge in [-0.25, -0.2) is 9.59 Å². The molecule has 0 aromatic heterocycles. The first-order valence-corrected chi connectivity index (χ1v) is 11.2. The predicted octanol–water partition coefficient (Wildman–Crippen LogP) is 4.79. The molecule has 0 amide bonds. The van der Waals surface area contributed by atoms with Gasteiger partial charge in [0.15, 0.2) is 0 Å². The number of nitrogens with one attached hydrogen (secondary N) is 1. The molecule has 1 aliphatic heterocycles. The van der Waals surface area contributed by atoms with Crippen LogP contribution < -0.4 is 16.0 Å². The number of carboxylic acids is 2. The van der Waals surface area contributed by atoms with Crippen LogP contribution in [0.1, 0.15) is 12.8 Å². The van der Waals surface area contributed by atoms with Crippen LogP contribution in [0.2, 0.25) is 5.02 Å². The van der Waals surface area contributed by atoms with Crippen molar-refractivity contribution in [3.63, 3.8) is 0 Å². The van der Waals surface area contributed by atoms with E-state index in [9.17, 15) is 26.3 Å². The highest BCUT2D eigenvalue weighted by molar-refractivity contribution is 6.30. The van der Waals surface area contributed by atoms with Crippen LogP contribution in [0, 0.1) is 0 Å². The Hall–Kier alpha value is -3.03. The summed E-state index contributed by atoms with van der Waals surface area (Å²) in [4.78, 5) is 20.3. The Kier molecular flexibility index (Phi) is 12.7. The number of hydrogen-bond acceptors (Lipinski definition) is 5. The molecule has 206 valence electrons. The molecule has 14 heteroatoms. The second-order valence-electron chi connectivity index (χ2n) is 7.67. The molecule has 3 rings (SSSR count). The molecule has 0 atom stereocenters. The first kappa shape index (κ1) is 32.0. The monoisotopic (exact) mass is 557 g/mol. The second-order valence-corrected chi connectivity index (χ2v) is 8.11. The molecule has 2 aromatic carbocycles. The van der Waals surface area contributed by atoms with Gasteiger partial charge in [0, 0.05) is 42.9 Å². The van der Waals surface area contributed by atoms with Crippen molar-refractivity contribution in [3.8, 4) is 11.1 Å². The molecule has 1 fully saturated rings. The summed E-state index contributed by atoms with van der Waals surface area (Å²) in [5.41, 5.74) is 9.24. The fourth-order valence-corrected chi connectivity index (χ4v) is 3.37. The molecule has 0 unspecified atom stereocenters. The third kappa shape index (κ3) is 12.2. The number of hydrogen-bond donors (Lipinski definition) is 4. The van der Waals surface area contributed by atoms with Crippen LogP contribution >= 0.6 is 11.6 Å². The molecule has 0 bridgehead atoms. The molecule has 1 saturated heterocycles. The van der Waals surface area contributed by atoms with Gasteiger partial charge in [0.05, 0.1) is 0 Å². The van der Waals surface area contributed by atoms with Crippen LogP contribution in [0.5, 0.6) is 0 Å². The summed E-state index contributed by atoms with van der Waals surface area (Å²) in [6.45, 7) is 3.79. The van der Waals surface area contributed by atoms with E-state index in [1.54, 1.807) is 0 Å². The van der Waals surface area contributed by atoms with Gasteiger partial charge in [0.25, 0.3) is 0 Å². The van der Waals surface area contributed by atoms with E-state index in [4.69, 9.17) is 37.1 Å². The van der Waals surface area contributed by atoms with Gasteiger partial charge in [-0.15, -0.1) is 0 Å². The number of nitrogens with zero attached hydrogens (tertiary/aromatic N) is 1. The van der Waals surface area contributed by atoms with E-state index in [0.29, 0.717) is 12.6 Å². The van der Waals surface area contributed by atoms with E-state index >= 15 is 0 Å². The third-order valence-electron chi connectivity index (χ3n) is 4.93. The van der Waals surface area contributed by atoms with Crippen LogP contribution in [0.15, 0.2) is 48.5 Å². The van der Waals surface area contributed by atoms with E-state index in [1.807, 2.05) is 18.2 Å². The Morgan fingerprint density at radius 1 is 0.919 bits per heavy atom. The third-order valence-corrected chi connectivity index (χ3v) is 5.16. The van der Waals surface area contributed by atoms with Crippen LogP contribution in [-0.4, -0.2) is 66.7 Å². The lowest BCUT2D eigenvalue weighted by atomic mass is 10.0. The smallest absolute Gasteiger partial charge is 0.475 e. The highest BCUT2D eigenvalue weighted by Gasteiger charge is 2.38. The zero-order chi connectivity index (χ0) is 28.2. The highest BCUT2D eigenvalue weighted by atomic mass is 35.5. The standard InChI is InChI=1S/C19H24ClN3.2C2HF3O2/c20-17-5-1-3-15(13-17)16-4-2-6-19(14-16)23-11-7-18(8-12-23)22-10-9-21;2*3-2(4,5)1(6)7/h1-6,13-14,18,22H,7-12,21H2;2*(H,6,7). The van der Waals surface area contributed by atoms with Crippen molar-refractivity contribution in [2.75, 3.05) is 31.1 Å². The Bertz CT molecular complexity index is 988. The summed E-state index contributed by atoms with van der Waals surface area (Å²) in [6.07, 6.45) is -7.83. The quantitative estimate of drug-likeness (QED) is 0.391. The molecular formula is C23H26ClF6N3O4. The van der Waals surface area contributed by atoms with Gasteiger partial charge in [0.1, 0.15) is 0 Å². The topological polar surface area (TPSA) is 116 Å². The van der Waals surface area contributed by atoms with E-state index in [-0.39, 0.29) is 0 Å². The van der Waals surface area contributed by atoms with Gasteiger partial charge in [-0.1, -0.05) is 35.9 Å². The Morgan fingerprint density at radius 2 is 1.38 bits per heavy atom. The van der Waals surface area contributed by atoms with Crippen LogP contribution in [0.3, 0.4) is 0 Å². The maximum Gasteiger partial charge on any atom is 0.490 e. The molecule has 2 aromatic rings. The average Bonchev–Trinajstić information content (AvgIpc) is 2.83. The summed E-state index contributed by atoms with van der Waals surface area (Å²) in [5.74, 6) is -5.51. The van der Waals surface area contributed by atoms with Crippen molar-refractivity contribution in [3.05, 3.63) is 53.6 Å². The number of carbonyl (C=O) groups is 2. The van der Waals surface area contributed by atoms with Crippen LogP contribution in [-0.2, 0) is 9.59 Å². The highest BCUT2D eigenvalue weighted by Crippen LogP contribution is 2.28. The Labute approximate surface area is 213 Å². The molecule has 0 radical (unpaired) electrons. The average molecular weight is 558 g/mol. The molecule has 1 aliphatic rings. The zero-order valence-corrected chi connectivity index (χ0v) is 20.1. The molecule has 1 heterocycles. The SMILES string of the molecule is NCCNC1CCN(c2cccc(-c3cccc(Cl)c3)c2)CC1.O=C(O)C(F)(F)F.O=C(O)C(F)(F)F. The fraction of sp³-hybridized carbons (Fsp3) is 0.391. The molecule has 7 nitrogen and oxygen atoms in total. The molecular weight excluding hydrogens is 532 g/mol. The van der Waals surface area contributed by atoms with Crippen LogP contribution in [0.25, 0.3) is 11.1 Å². The lowest BCUT2D eigenvalue weighted by Gasteiger charge is -2.34. The summed E-state index contributed by atoms with van der Waals surface area (Å²) < 4.78 is 63.5. The summed E-state index contributed by atoms with van der Waals surface area (Å²) >= 11 is 6.11. The molecule has 0 spiro atoms. The first-order chi connectivity index (χ1) is 17.1. The predicted molar refractivity (Wildman–Crippen MR) is 127 cm³/mol. The van der Waals surface area contributed by atoms with Gasteiger partial charge in [-0.2, -0.15) is 26.3 Å². The van der Waals surface area contributed by atoms with E-state index in [2.05, 4.69) is 40.5 Å². The van der Waals surface area contributed by atoms with E-state index in [1.165, 1.54) is 29.7 Å². The minimum atomic E-state index is -5.08. The maximum atomic E-state index is 10.6. The number of benzene rings is 2. The lowest BCUT2D eigenvalue weighted by Crippen LogP contribution is -2.43. The van der Waals surface area contributed by atoms with Crippen molar-refractivity contribution >= 4 is 29.2 Å². The van der Waals surface area contributed by atoms with Crippen molar-refractivity contribution in [2.45, 2.75) is 31.2 Å². The Balaban J connectivity index is 0.000000404. The number of aliphatic carboxylic acids is 2. The summed E-state index contributed by atoms with van der Waals surface area (Å²) in [6, 6.07) is 17.4. The van der Waals surface area contributed by atoms with E-state index in [0.717, 1.165) is 24.7 Å². The minimum Gasteiger partial charge on any atom is -0.475 e. The number of carboxylic acid groups (broad SMARTS) is 2. The number of alkyl halides is 6.